The van der Waals surface area contributed by atoms with Crippen molar-refractivity contribution in [3.8, 4) is 23.1 Å². The first-order valence-corrected chi connectivity index (χ1v) is 41.7. The van der Waals surface area contributed by atoms with Crippen LogP contribution in [0.25, 0.3) is 22.1 Å². The van der Waals surface area contributed by atoms with Crippen LogP contribution in [0.2, 0.25) is 0 Å². The van der Waals surface area contributed by atoms with Crippen LogP contribution in [0.5, 0.6) is 23.1 Å². The molecule has 116 heavy (non-hydrogen) atoms. The van der Waals surface area contributed by atoms with Gasteiger partial charge < -0.3 is 23.5 Å². The molecule has 0 saturated heterocycles. The number of aryl methyl sites for hydroxylation is 2. The standard InChI is InChI=1S/C14H18F2O.C14H20N2.C13H16F2O2.C13H19N3.C11H18N2O.2C10H16N2.C9H15N3/c1-8(2)10-5-6-11(9(3)4)13-12(10)14(15,16)7-17-13;1-9(2)11-6-7-12(10(3)4)14-13(11)15-8-16(14)5;1-7(2)9-5-6-10(8(3)4)12-11(9)16-13(14,15)17-12;1-8(2)10-6-7-11(9(3)4)13-12(10)14-15-16(13)5;1-7(2)9-6-12-10(8(3)4)11(13-9)14-5;1-7(2)9-5-12-10(6-11-9)8(3)4;1-7(2)9-5-6-10(8(3)4)12-11-9;1-6(2)8-5-10-9(7(3)4)12-11-8/h5-6,8-9H,7H2,1-4H3;6-10H,1-5H3;5-8H,1-4H3;6-9H,1-5H3;6-8H,1-5H3;2*5-8H,1-4H3;5-7H,1-4H3. The van der Waals surface area contributed by atoms with E-state index in [1.165, 1.54) is 38.8 Å². The summed E-state index contributed by atoms with van der Waals surface area (Å²) in [4.78, 5) is 26.3. The smallest absolute Gasteiger partial charge is 0.486 e. The summed E-state index contributed by atoms with van der Waals surface area (Å²) in [5.41, 5.74) is 20.4. The predicted octanol–water partition coefficient (Wildman–Crippen LogP) is 26.0. The average Bonchev–Trinajstić information content (AvgIpc) is 1.57. The lowest BCUT2D eigenvalue weighted by Gasteiger charge is -2.18. The molecule has 22 heteroatoms. The van der Waals surface area contributed by atoms with Crippen LogP contribution in [0.1, 0.15) is 412 Å². The van der Waals surface area contributed by atoms with Gasteiger partial charge in [-0.25, -0.2) is 19.6 Å². The van der Waals surface area contributed by atoms with Gasteiger partial charge in [0.2, 0.25) is 5.88 Å². The molecule has 0 amide bonds. The maximum atomic E-state index is 13.9. The van der Waals surface area contributed by atoms with Gasteiger partial charge in [-0.2, -0.15) is 24.1 Å². The second kappa shape index (κ2) is 43.4. The molecule has 0 atom stereocenters. The highest BCUT2D eigenvalue weighted by Crippen LogP contribution is 2.51. The van der Waals surface area contributed by atoms with Crippen LogP contribution < -0.4 is 18.9 Å². The molecule has 0 spiro atoms. The van der Waals surface area contributed by atoms with Crippen LogP contribution in [-0.4, -0.2) is 89.9 Å². The largest absolute Gasteiger partial charge is 0.586 e. The van der Waals surface area contributed by atoms with Gasteiger partial charge in [0, 0.05) is 55.6 Å². The third kappa shape index (κ3) is 26.2. The molecule has 0 unspecified atom stereocenters. The third-order valence-corrected chi connectivity index (χ3v) is 19.9. The van der Waals surface area contributed by atoms with E-state index in [1.807, 2.05) is 122 Å². The van der Waals surface area contributed by atoms with Crippen LogP contribution in [0.3, 0.4) is 0 Å². The van der Waals surface area contributed by atoms with E-state index in [1.54, 1.807) is 7.11 Å². The molecule has 0 radical (unpaired) electrons. The molecule has 0 N–H and O–H groups in total. The van der Waals surface area contributed by atoms with Crippen LogP contribution in [0, 0.1) is 0 Å². The summed E-state index contributed by atoms with van der Waals surface area (Å²) in [6.45, 7) is 66.4. The van der Waals surface area contributed by atoms with Crippen molar-refractivity contribution in [1.29, 1.82) is 0 Å². The zero-order valence-electron chi connectivity index (χ0n) is 76.5. The molecular formula is C94H138F4N14O4. The maximum absolute atomic E-state index is 13.9. The number of ether oxygens (including phenoxy) is 4. The monoisotopic (exact) mass is 1600 g/mol. The van der Waals surface area contributed by atoms with Crippen molar-refractivity contribution in [2.75, 3.05) is 13.7 Å². The Morgan fingerprint density at radius 1 is 0.345 bits per heavy atom. The molecule has 18 nitrogen and oxygen atoms in total. The lowest BCUT2D eigenvalue weighted by molar-refractivity contribution is -0.287. The van der Waals surface area contributed by atoms with Crippen molar-refractivity contribution in [2.24, 2.45) is 14.1 Å². The SMILES string of the molecule is CC(C)c1ccc(C(C)C)c2c1OC(F)(F)O2.CC(C)c1ccc(C(C)C)c2c1OCC2(F)F.CC(C)c1ccc(C(C)C)c2c1ncn2C.CC(C)c1ccc(C(C)C)c2c1nnn2C.CC(C)c1ccc(C(C)C)nn1.CC(C)c1cnc(C(C)C)cn1.CC(C)c1cnc(C(C)C)nn1.COc1nc(C(C)C)cnc1C(C)C. The number of rotatable bonds is 17. The predicted molar refractivity (Wildman–Crippen MR) is 466 cm³/mol. The summed E-state index contributed by atoms with van der Waals surface area (Å²) in [6.07, 6.45) is 5.77. The van der Waals surface area contributed by atoms with Crippen LogP contribution in [-0.2, 0) is 20.0 Å². The summed E-state index contributed by atoms with van der Waals surface area (Å²) in [5, 5.41) is 24.9. The molecular weight excluding hydrogens is 1470 g/mol. The van der Waals surface area contributed by atoms with E-state index in [4.69, 9.17) is 9.47 Å². The Balaban J connectivity index is 0.000000237. The van der Waals surface area contributed by atoms with Gasteiger partial charge in [-0.3, -0.25) is 15.0 Å². The zero-order valence-corrected chi connectivity index (χ0v) is 76.5. The highest BCUT2D eigenvalue weighted by molar-refractivity contribution is 5.84. The number of fused-ring (bicyclic) bond motifs is 4. The topological polar surface area (TPSA) is 201 Å². The Bertz CT molecular complexity index is 4330. The molecule has 2 aliphatic heterocycles. The van der Waals surface area contributed by atoms with Crippen LogP contribution in [0.15, 0.2) is 91.8 Å². The first-order chi connectivity index (χ1) is 54.1. The molecule has 12 rings (SSSR count). The lowest BCUT2D eigenvalue weighted by Crippen LogP contribution is -2.26. The summed E-state index contributed by atoms with van der Waals surface area (Å²) < 4.78 is 77.8. The van der Waals surface area contributed by atoms with Gasteiger partial charge in [0.05, 0.1) is 75.9 Å². The van der Waals surface area contributed by atoms with Gasteiger partial charge in [0.1, 0.15) is 17.0 Å². The van der Waals surface area contributed by atoms with Crippen molar-refractivity contribution in [1.82, 2.24) is 69.9 Å². The van der Waals surface area contributed by atoms with Gasteiger partial charge in [-0.05, 0) is 128 Å². The maximum Gasteiger partial charge on any atom is 0.586 e. The van der Waals surface area contributed by atoms with Crippen molar-refractivity contribution < 1.29 is 36.5 Å². The summed E-state index contributed by atoms with van der Waals surface area (Å²) in [7, 11) is 5.68. The average molecular weight is 1600 g/mol. The highest BCUT2D eigenvalue weighted by atomic mass is 19.3. The van der Waals surface area contributed by atoms with Crippen molar-refractivity contribution in [3.05, 3.63) is 188 Å². The molecule has 0 bridgehead atoms. The molecule has 4 aromatic carbocycles. The first kappa shape index (κ1) is 97.5. The van der Waals surface area contributed by atoms with Crippen molar-refractivity contribution in [2.45, 2.75) is 328 Å². The minimum atomic E-state index is -3.54. The van der Waals surface area contributed by atoms with Crippen LogP contribution >= 0.6 is 0 Å². The lowest BCUT2D eigenvalue weighted by atomic mass is 9.89. The molecule has 0 saturated carbocycles. The second-order valence-corrected chi connectivity index (χ2v) is 35.1. The van der Waals surface area contributed by atoms with E-state index in [-0.39, 0.29) is 40.7 Å². The summed E-state index contributed by atoms with van der Waals surface area (Å²) in [6, 6.07) is 20.4. The molecule has 0 fully saturated rings. The Morgan fingerprint density at radius 3 is 1.09 bits per heavy atom. The van der Waals surface area contributed by atoms with Gasteiger partial charge in [0.25, 0.3) is 0 Å². The zero-order chi connectivity index (χ0) is 87.5. The molecule has 0 aliphatic carbocycles. The fourth-order valence-electron chi connectivity index (χ4n) is 12.6. The van der Waals surface area contributed by atoms with E-state index in [0.717, 1.165) is 67.9 Å². The van der Waals surface area contributed by atoms with E-state index in [2.05, 4.69) is 284 Å². The van der Waals surface area contributed by atoms with Gasteiger partial charge >= 0.3 is 12.2 Å². The number of benzene rings is 4. The fraction of sp³-hybridized carbons (Fsp3) is 0.574. The number of methoxy groups -OCH3 is 1. The van der Waals surface area contributed by atoms with E-state index >= 15 is 0 Å². The second-order valence-electron chi connectivity index (χ2n) is 35.1. The van der Waals surface area contributed by atoms with Crippen molar-refractivity contribution in [3.63, 3.8) is 0 Å². The Morgan fingerprint density at radius 2 is 0.716 bits per heavy atom. The molecule has 636 valence electrons. The van der Waals surface area contributed by atoms with Gasteiger partial charge in [-0.1, -0.05) is 275 Å². The fourth-order valence-corrected chi connectivity index (χ4v) is 12.6. The number of alkyl halides is 4. The first-order valence-electron chi connectivity index (χ1n) is 41.7. The molecule has 10 aromatic rings. The Labute approximate surface area is 691 Å². The van der Waals surface area contributed by atoms with E-state index in [9.17, 15) is 17.6 Å². The number of imidazole rings is 1. The summed E-state index contributed by atoms with van der Waals surface area (Å²) in [5.74, 6) is 5.37. The molecule has 2 aliphatic rings. The van der Waals surface area contributed by atoms with E-state index in [0.29, 0.717) is 88.2 Å². The number of halogens is 4. The van der Waals surface area contributed by atoms with Crippen molar-refractivity contribution >= 4 is 22.1 Å². The number of hydrogen-bond acceptors (Lipinski definition) is 16. The molecule has 8 heterocycles. The quantitative estimate of drug-likeness (QED) is 0.0778. The number of hydrogen-bond donors (Lipinski definition) is 0. The Hall–Kier alpha value is -9.08. The van der Waals surface area contributed by atoms with Gasteiger partial charge in [-0.15, -0.1) is 19.0 Å². The minimum absolute atomic E-state index is 0.0811. The minimum Gasteiger partial charge on any atom is -0.486 e. The van der Waals surface area contributed by atoms with Gasteiger partial charge in [0.15, 0.2) is 23.9 Å². The third-order valence-electron chi connectivity index (χ3n) is 19.9. The van der Waals surface area contributed by atoms with Crippen LogP contribution in [0.4, 0.5) is 17.6 Å². The number of aromatic nitrogens is 14. The number of nitrogens with zero attached hydrogens (tertiary/aromatic N) is 14. The molecule has 6 aromatic heterocycles. The summed E-state index contributed by atoms with van der Waals surface area (Å²) >= 11 is 0. The normalized spacial score (nSPS) is 13.1. The Kier molecular flexibility index (Phi) is 36.5. The highest BCUT2D eigenvalue weighted by Gasteiger charge is 2.47. The van der Waals surface area contributed by atoms with E-state index < -0.39 is 18.8 Å².